The molecule has 4 aliphatic rings. The first-order chi connectivity index (χ1) is 26.0. The van der Waals surface area contributed by atoms with Crippen LogP contribution in [-0.2, 0) is 32.8 Å². The van der Waals surface area contributed by atoms with Crippen LogP contribution >= 0.6 is 138 Å². The zero-order valence-electron chi connectivity index (χ0n) is 31.5. The number of fused-ring (bicyclic) bond motifs is 5. The van der Waals surface area contributed by atoms with E-state index < -0.39 is 120 Å². The molecular formula is C29H53O10P17. The van der Waals surface area contributed by atoms with Gasteiger partial charge in [0.2, 0.25) is 5.78 Å². The molecule has 314 valence electrons. The van der Waals surface area contributed by atoms with Crippen molar-refractivity contribution in [2.75, 3.05) is 6.61 Å². The molecule has 0 spiro atoms. The number of allylic oxidation sites excluding steroid dienone is 1. The van der Waals surface area contributed by atoms with Crippen LogP contribution in [-0.4, -0.2) is 70.2 Å². The molecule has 1 aromatic rings. The number of Topliss-reactive ketones (excluding diaryl/α,β-unsaturated/α-hetero) is 1. The quantitative estimate of drug-likeness (QED) is 0.145. The third-order valence-electron chi connectivity index (χ3n) is 11.4. The second kappa shape index (κ2) is 20.6. The summed E-state index contributed by atoms with van der Waals surface area (Å²) in [5.74, 6) is -3.37. The van der Waals surface area contributed by atoms with Crippen molar-refractivity contribution in [1.29, 1.82) is 0 Å². The fourth-order valence-electron chi connectivity index (χ4n) is 8.68. The summed E-state index contributed by atoms with van der Waals surface area (Å²) >= 11 is 0. The molecule has 27 heteroatoms. The predicted molar refractivity (Wildman–Crippen MR) is 277 cm³/mol. The molecule has 2 bridgehead atoms. The first-order valence-electron chi connectivity index (χ1n) is 17.2. The highest BCUT2D eigenvalue weighted by Gasteiger charge is 2.78. The predicted octanol–water partition coefficient (Wildman–Crippen LogP) is 11.8. The van der Waals surface area contributed by atoms with E-state index in [0.717, 1.165) is 0 Å². The number of esters is 2. The molecule has 13 unspecified atom stereocenters. The Kier molecular flexibility index (Phi) is 18.9. The standard InChI is InChI=1S/C29H53O10P17/c1-14-17(31)12-29(34)24(36-25(33)16-9-7-6-8-10-16)22-27(5,18(38-50(52(41)42)53(43)44)11-19-28(22,13-35-19)37-15(2)30)23(32)21(20(14)26(29,3)4)39-51(54(45)46)56(49-40)55(47)48/h6-10,14,17-19,22,24,31,34,49H,11-13,40-48H2,1-5H3/t14?,17-,18-,19+,22-,24-,27+,28-,29+,51?,56?/m0/s1. The fourth-order valence-corrected chi connectivity index (χ4v) is 107. The van der Waals surface area contributed by atoms with Crippen molar-refractivity contribution >= 4 is 156 Å². The maximum absolute atomic E-state index is 16.4. The Morgan fingerprint density at radius 2 is 1.54 bits per heavy atom. The molecule has 2 N–H and O–H groups in total. The Hall–Kier alpha value is 4.52. The van der Waals surface area contributed by atoms with Gasteiger partial charge in [-0.2, -0.15) is 0 Å². The van der Waals surface area contributed by atoms with E-state index in [2.05, 4.69) is 80.4 Å². The van der Waals surface area contributed by atoms with Gasteiger partial charge in [-0.15, -0.1) is 62.5 Å². The Labute approximate surface area is 361 Å². The smallest absolute Gasteiger partial charge is 0.338 e. The van der Waals surface area contributed by atoms with Gasteiger partial charge in [0.25, 0.3) is 0 Å². The van der Waals surface area contributed by atoms with Crippen LogP contribution in [0.1, 0.15) is 57.8 Å². The minimum absolute atomic E-state index is 0.0904. The molecule has 1 saturated heterocycles. The van der Waals surface area contributed by atoms with Crippen molar-refractivity contribution in [3.05, 3.63) is 47.2 Å². The van der Waals surface area contributed by atoms with E-state index in [1.807, 2.05) is 27.7 Å². The lowest BCUT2D eigenvalue weighted by molar-refractivity contribution is -0.343. The molecule has 10 nitrogen and oxygen atoms in total. The third-order valence-corrected chi connectivity index (χ3v) is 80.9. The van der Waals surface area contributed by atoms with E-state index in [0.29, 0.717) is 13.5 Å². The summed E-state index contributed by atoms with van der Waals surface area (Å²) in [6.45, 7) is 4.88. The highest BCUT2D eigenvalue weighted by Crippen LogP contribution is 3.09. The van der Waals surface area contributed by atoms with E-state index in [1.54, 1.807) is 30.3 Å². The van der Waals surface area contributed by atoms with Gasteiger partial charge in [-0.05, 0) is 45.6 Å². The van der Waals surface area contributed by atoms with Crippen LogP contribution in [0.15, 0.2) is 41.7 Å². The molecular weight excluding hydrogens is 1030 g/mol. The highest BCUT2D eigenvalue weighted by atomic mass is 33.1. The monoisotopic (exact) mass is 1090 g/mol. The first-order valence-corrected chi connectivity index (χ1v) is 46.5. The average molecular weight is 1090 g/mol. The maximum atomic E-state index is 16.4. The Morgan fingerprint density at radius 1 is 0.946 bits per heavy atom. The van der Waals surface area contributed by atoms with Crippen molar-refractivity contribution in [2.45, 2.75) is 83.1 Å². The fraction of sp³-hybridized carbons (Fsp3) is 0.621. The van der Waals surface area contributed by atoms with Crippen molar-refractivity contribution in [2.24, 2.45) is 22.7 Å². The lowest BCUT2D eigenvalue weighted by atomic mass is 9.45. The van der Waals surface area contributed by atoms with Gasteiger partial charge >= 0.3 is 11.9 Å². The van der Waals surface area contributed by atoms with Crippen LogP contribution in [0.3, 0.4) is 0 Å². The zero-order chi connectivity index (χ0) is 41.9. The molecule has 21 atom stereocenters. The van der Waals surface area contributed by atoms with E-state index in [9.17, 15) is 19.8 Å². The van der Waals surface area contributed by atoms with Crippen molar-refractivity contribution in [1.82, 2.24) is 0 Å². The molecule has 2 saturated carbocycles. The van der Waals surface area contributed by atoms with Crippen LogP contribution in [0.5, 0.6) is 0 Å². The van der Waals surface area contributed by atoms with Crippen LogP contribution in [0, 0.1) is 22.7 Å². The largest absolute Gasteiger partial charge is 0.460 e. The molecule has 1 aromatic carbocycles. The maximum Gasteiger partial charge on any atom is 0.338 e. The van der Waals surface area contributed by atoms with Crippen LogP contribution in [0.2, 0.25) is 0 Å². The minimum Gasteiger partial charge on any atom is -0.460 e. The number of hydrogen-bond acceptors (Lipinski definition) is 10. The lowest BCUT2D eigenvalue weighted by Gasteiger charge is -2.67. The van der Waals surface area contributed by atoms with Crippen LogP contribution in [0.4, 0.5) is 0 Å². The number of ether oxygens (including phenoxy) is 3. The molecule has 1 heterocycles. The van der Waals surface area contributed by atoms with Gasteiger partial charge in [0.1, 0.15) is 17.8 Å². The zero-order valence-corrected chi connectivity index (χ0v) is 49.1. The number of ketones is 1. The van der Waals surface area contributed by atoms with Gasteiger partial charge in [0, 0.05) is 45.1 Å². The van der Waals surface area contributed by atoms with Crippen molar-refractivity contribution < 1.29 is 47.9 Å². The molecule has 0 amide bonds. The average Bonchev–Trinajstić information content (AvgIpc) is 3.10. The van der Waals surface area contributed by atoms with Gasteiger partial charge in [0.05, 0.1) is 43.2 Å². The number of hydrogen-bond donors (Lipinski definition) is 2. The molecule has 56 heavy (non-hydrogen) atoms. The van der Waals surface area contributed by atoms with Gasteiger partial charge in [-0.1, -0.05) is 64.8 Å². The minimum atomic E-state index is -2.00. The van der Waals surface area contributed by atoms with Crippen LogP contribution < -0.4 is 0 Å². The van der Waals surface area contributed by atoms with Gasteiger partial charge in [-0.3, -0.25) is 9.59 Å². The summed E-state index contributed by atoms with van der Waals surface area (Å²) in [5.41, 5.74) is -5.67. The third kappa shape index (κ3) is 9.67. The van der Waals surface area contributed by atoms with E-state index in [-0.39, 0.29) is 36.6 Å². The number of rotatable bonds is 13. The van der Waals surface area contributed by atoms with Crippen molar-refractivity contribution in [3.8, 4) is 0 Å². The number of benzene rings is 1. The topological polar surface area (TPSA) is 138 Å². The molecule has 3 fully saturated rings. The summed E-state index contributed by atoms with van der Waals surface area (Å²) in [5, 5.41) is 25.7. The second-order valence-electron chi connectivity index (χ2n) is 14.8. The SMILES string of the molecule is CC(=O)O[C@@]12CO[C@@H]1C[C@H](OP(P(P)P)P(P)P)[C@@]1(C)C(=O)C(OP(P(P)P)P(PP)P(P)P)=C3C(C)[C@@H](O)C[C@@](O)([C@@H](OC(=O)c4ccccc4)[C@H]21)C3(C)C. The number of carbonyl (C=O) groups excluding carboxylic acids is 3. The van der Waals surface area contributed by atoms with Gasteiger partial charge < -0.3 is 33.5 Å². The normalized spacial score (nSPS) is 35.3. The molecule has 0 aromatic heterocycles. The second-order valence-corrected chi connectivity index (χ2v) is 72.9. The summed E-state index contributed by atoms with van der Waals surface area (Å²) in [6, 6.07) is 8.48. The number of aliphatic hydroxyl groups is 2. The molecule has 5 rings (SSSR count). The Bertz CT molecular complexity index is 1670. The van der Waals surface area contributed by atoms with E-state index in [1.165, 1.54) is 6.92 Å². The van der Waals surface area contributed by atoms with Crippen LogP contribution in [0.25, 0.3) is 0 Å². The van der Waals surface area contributed by atoms with Gasteiger partial charge in [-0.25, -0.2) is 4.79 Å². The Balaban J connectivity index is 1.92. The van der Waals surface area contributed by atoms with Crippen molar-refractivity contribution in [3.63, 3.8) is 0 Å². The summed E-state index contributed by atoms with van der Waals surface area (Å²) in [4.78, 5) is 44.0. The Morgan fingerprint density at radius 3 is 2.02 bits per heavy atom. The summed E-state index contributed by atoms with van der Waals surface area (Å²) in [6.07, 6.45) is -4.17. The molecule has 0 radical (unpaired) electrons. The summed E-state index contributed by atoms with van der Waals surface area (Å²) in [7, 11) is 24.3. The first kappa shape index (κ1) is 51.5. The molecule has 3 aliphatic carbocycles. The van der Waals surface area contributed by atoms with E-state index >= 15 is 4.79 Å². The highest BCUT2D eigenvalue weighted by molar-refractivity contribution is 9.10. The number of carbonyl (C=O) groups is 3. The number of aliphatic hydroxyl groups excluding tert-OH is 1. The molecule has 1 aliphatic heterocycles. The lowest BCUT2D eigenvalue weighted by Crippen LogP contribution is -2.81. The van der Waals surface area contributed by atoms with E-state index in [4.69, 9.17) is 23.3 Å². The van der Waals surface area contributed by atoms with Gasteiger partial charge in [0.15, 0.2) is 18.9 Å². The summed E-state index contributed by atoms with van der Waals surface area (Å²) < 4.78 is 33.8.